The van der Waals surface area contributed by atoms with Crippen molar-refractivity contribution in [2.45, 2.75) is 49.3 Å². The van der Waals surface area contributed by atoms with Crippen LogP contribution in [0, 0.1) is 0 Å². The molecule has 1 aliphatic heterocycles. The van der Waals surface area contributed by atoms with Gasteiger partial charge in [0.05, 0.1) is 5.69 Å². The van der Waals surface area contributed by atoms with E-state index in [1.54, 1.807) is 0 Å². The van der Waals surface area contributed by atoms with Gasteiger partial charge < -0.3 is 10.6 Å². The standard InChI is InChI=1S/C15H24N2S/c1-10(2)12-6-5-7-14-15(12)17(4)11(3)13(18-14)8-9-16/h5-7,10-11,13H,8-9,16H2,1-4H3. The van der Waals surface area contributed by atoms with Gasteiger partial charge in [0.25, 0.3) is 0 Å². The molecule has 0 aromatic heterocycles. The highest BCUT2D eigenvalue weighted by molar-refractivity contribution is 8.00. The molecule has 2 rings (SSSR count). The van der Waals surface area contributed by atoms with Gasteiger partial charge in [-0.2, -0.15) is 0 Å². The minimum Gasteiger partial charge on any atom is -0.370 e. The van der Waals surface area contributed by atoms with E-state index in [2.05, 4.69) is 50.9 Å². The molecular formula is C15H24N2S. The third kappa shape index (κ3) is 2.39. The van der Waals surface area contributed by atoms with E-state index in [1.807, 2.05) is 11.8 Å². The van der Waals surface area contributed by atoms with E-state index in [-0.39, 0.29) is 0 Å². The average molecular weight is 264 g/mol. The fourth-order valence-electron chi connectivity index (χ4n) is 2.66. The Morgan fingerprint density at radius 1 is 1.39 bits per heavy atom. The van der Waals surface area contributed by atoms with Crippen molar-refractivity contribution in [3.05, 3.63) is 23.8 Å². The van der Waals surface area contributed by atoms with E-state index < -0.39 is 0 Å². The number of nitrogens with two attached hydrogens (primary N) is 1. The Labute approximate surface area is 115 Å². The van der Waals surface area contributed by atoms with Crippen molar-refractivity contribution in [1.82, 2.24) is 0 Å². The first-order valence-corrected chi connectivity index (χ1v) is 7.66. The molecule has 0 aliphatic carbocycles. The van der Waals surface area contributed by atoms with Gasteiger partial charge in [0.15, 0.2) is 0 Å². The number of rotatable bonds is 3. The van der Waals surface area contributed by atoms with Crippen molar-refractivity contribution in [2.75, 3.05) is 18.5 Å². The number of para-hydroxylation sites is 1. The molecule has 1 aliphatic rings. The largest absolute Gasteiger partial charge is 0.370 e. The summed E-state index contributed by atoms with van der Waals surface area (Å²) >= 11 is 2.00. The topological polar surface area (TPSA) is 29.3 Å². The normalized spacial score (nSPS) is 23.3. The monoisotopic (exact) mass is 264 g/mol. The maximum absolute atomic E-state index is 5.73. The molecule has 18 heavy (non-hydrogen) atoms. The van der Waals surface area contributed by atoms with E-state index in [0.717, 1.165) is 13.0 Å². The predicted octanol–water partition coefficient (Wildman–Crippen LogP) is 3.46. The van der Waals surface area contributed by atoms with E-state index in [9.17, 15) is 0 Å². The zero-order chi connectivity index (χ0) is 13.3. The third-order valence-corrected chi connectivity index (χ3v) is 5.40. The molecule has 0 saturated carbocycles. The minimum atomic E-state index is 0.547. The Hall–Kier alpha value is -0.670. The molecule has 1 aromatic carbocycles. The van der Waals surface area contributed by atoms with Crippen LogP contribution in [0.25, 0.3) is 0 Å². The maximum atomic E-state index is 5.73. The summed E-state index contributed by atoms with van der Waals surface area (Å²) < 4.78 is 0. The summed E-state index contributed by atoms with van der Waals surface area (Å²) in [6.45, 7) is 7.62. The molecular weight excluding hydrogens is 240 g/mol. The number of nitrogens with zero attached hydrogens (tertiary/aromatic N) is 1. The van der Waals surface area contributed by atoms with Crippen LogP contribution in [0.2, 0.25) is 0 Å². The molecule has 2 N–H and O–H groups in total. The van der Waals surface area contributed by atoms with Crippen molar-refractivity contribution in [1.29, 1.82) is 0 Å². The van der Waals surface area contributed by atoms with Crippen LogP contribution in [0.3, 0.4) is 0 Å². The lowest BCUT2D eigenvalue weighted by atomic mass is 9.99. The number of benzene rings is 1. The van der Waals surface area contributed by atoms with Gasteiger partial charge in [-0.15, -0.1) is 11.8 Å². The summed E-state index contributed by atoms with van der Waals surface area (Å²) in [6, 6.07) is 7.24. The minimum absolute atomic E-state index is 0.547. The number of fused-ring (bicyclic) bond motifs is 1. The highest BCUT2D eigenvalue weighted by atomic mass is 32.2. The van der Waals surface area contributed by atoms with Gasteiger partial charge in [0.2, 0.25) is 0 Å². The zero-order valence-corrected chi connectivity index (χ0v) is 12.6. The summed E-state index contributed by atoms with van der Waals surface area (Å²) in [5, 5.41) is 0.606. The molecule has 0 fully saturated rings. The number of hydrogen-bond acceptors (Lipinski definition) is 3. The van der Waals surface area contributed by atoms with Gasteiger partial charge in [0, 0.05) is 23.2 Å². The maximum Gasteiger partial charge on any atom is 0.0539 e. The van der Waals surface area contributed by atoms with Crippen LogP contribution in [0.1, 0.15) is 38.7 Å². The van der Waals surface area contributed by atoms with Crippen LogP contribution >= 0.6 is 11.8 Å². The lowest BCUT2D eigenvalue weighted by Crippen LogP contribution is -2.42. The van der Waals surface area contributed by atoms with Crippen molar-refractivity contribution >= 4 is 17.4 Å². The van der Waals surface area contributed by atoms with Crippen LogP contribution in [0.5, 0.6) is 0 Å². The average Bonchev–Trinajstić information content (AvgIpc) is 2.35. The van der Waals surface area contributed by atoms with Gasteiger partial charge >= 0.3 is 0 Å². The lowest BCUT2D eigenvalue weighted by molar-refractivity contribution is 0.600. The highest BCUT2D eigenvalue weighted by Crippen LogP contribution is 2.45. The van der Waals surface area contributed by atoms with Crippen LogP contribution in [-0.4, -0.2) is 24.9 Å². The van der Waals surface area contributed by atoms with Gasteiger partial charge in [-0.05, 0) is 37.4 Å². The molecule has 3 heteroatoms. The first-order chi connectivity index (χ1) is 8.56. The molecule has 0 bridgehead atoms. The summed E-state index contributed by atoms with van der Waals surface area (Å²) in [5.74, 6) is 0.571. The van der Waals surface area contributed by atoms with Crippen molar-refractivity contribution in [2.24, 2.45) is 5.73 Å². The van der Waals surface area contributed by atoms with Crippen LogP contribution < -0.4 is 10.6 Å². The summed E-state index contributed by atoms with van der Waals surface area (Å²) in [4.78, 5) is 3.86. The molecule has 2 atom stereocenters. The summed E-state index contributed by atoms with van der Waals surface area (Å²) in [7, 11) is 2.22. The second-order valence-electron chi connectivity index (χ2n) is 5.43. The van der Waals surface area contributed by atoms with E-state index in [4.69, 9.17) is 5.73 Å². The zero-order valence-electron chi connectivity index (χ0n) is 11.8. The molecule has 1 aromatic rings. The van der Waals surface area contributed by atoms with Crippen LogP contribution in [-0.2, 0) is 0 Å². The van der Waals surface area contributed by atoms with E-state index in [0.29, 0.717) is 17.2 Å². The molecule has 0 radical (unpaired) electrons. The smallest absolute Gasteiger partial charge is 0.0539 e. The molecule has 2 unspecified atom stereocenters. The predicted molar refractivity (Wildman–Crippen MR) is 81.7 cm³/mol. The van der Waals surface area contributed by atoms with Gasteiger partial charge in [0.1, 0.15) is 0 Å². The molecule has 0 spiro atoms. The Morgan fingerprint density at radius 3 is 2.72 bits per heavy atom. The molecule has 100 valence electrons. The number of anilines is 1. The van der Waals surface area contributed by atoms with Crippen LogP contribution in [0.4, 0.5) is 5.69 Å². The highest BCUT2D eigenvalue weighted by Gasteiger charge is 2.31. The van der Waals surface area contributed by atoms with Crippen LogP contribution in [0.15, 0.2) is 23.1 Å². The summed E-state index contributed by atoms with van der Waals surface area (Å²) in [5.41, 5.74) is 8.62. The Morgan fingerprint density at radius 2 is 2.11 bits per heavy atom. The Bertz CT molecular complexity index is 417. The molecule has 0 amide bonds. The Balaban J connectivity index is 2.41. The van der Waals surface area contributed by atoms with Crippen molar-refractivity contribution in [3.63, 3.8) is 0 Å². The summed E-state index contributed by atoms with van der Waals surface area (Å²) in [6.07, 6.45) is 1.08. The lowest BCUT2D eigenvalue weighted by Gasteiger charge is -2.41. The number of thioether (sulfide) groups is 1. The second kappa shape index (κ2) is 5.54. The third-order valence-electron chi connectivity index (χ3n) is 3.88. The van der Waals surface area contributed by atoms with Gasteiger partial charge in [-0.1, -0.05) is 26.0 Å². The van der Waals surface area contributed by atoms with E-state index in [1.165, 1.54) is 16.1 Å². The fourth-order valence-corrected chi connectivity index (χ4v) is 4.15. The molecule has 2 nitrogen and oxygen atoms in total. The van der Waals surface area contributed by atoms with Gasteiger partial charge in [-0.3, -0.25) is 0 Å². The first kappa shape index (κ1) is 13.8. The molecule has 1 heterocycles. The quantitative estimate of drug-likeness (QED) is 0.906. The first-order valence-electron chi connectivity index (χ1n) is 6.78. The van der Waals surface area contributed by atoms with Crippen molar-refractivity contribution in [3.8, 4) is 0 Å². The van der Waals surface area contributed by atoms with E-state index >= 15 is 0 Å². The SMILES string of the molecule is CC(C)c1cccc2c1N(C)C(C)C(CCN)S2. The fraction of sp³-hybridized carbons (Fsp3) is 0.600. The molecule has 0 saturated heterocycles. The van der Waals surface area contributed by atoms with Gasteiger partial charge in [-0.25, -0.2) is 0 Å². The second-order valence-corrected chi connectivity index (χ2v) is 6.71. The number of hydrogen-bond donors (Lipinski definition) is 1. The van der Waals surface area contributed by atoms with Crippen molar-refractivity contribution < 1.29 is 0 Å². The Kier molecular flexibility index (Phi) is 4.23.